The van der Waals surface area contributed by atoms with Crippen LogP contribution in [0.15, 0.2) is 47.5 Å². The second-order valence-electron chi connectivity index (χ2n) is 13.8. The van der Waals surface area contributed by atoms with E-state index < -0.39 is 0 Å². The highest BCUT2D eigenvalue weighted by molar-refractivity contribution is 5.90. The number of hydrogen-bond acceptors (Lipinski definition) is 2. The quantitative estimate of drug-likeness (QED) is 0.262. The van der Waals surface area contributed by atoms with E-state index >= 15 is 0 Å². The van der Waals surface area contributed by atoms with Crippen LogP contribution in [0.1, 0.15) is 173 Å². The number of allylic oxidation sites excluding steroid dienone is 1. The Morgan fingerprint density at radius 2 is 0.643 bits per heavy atom. The van der Waals surface area contributed by atoms with E-state index in [1.165, 1.54) is 179 Å². The molecule has 3 fully saturated rings. The predicted molar refractivity (Wildman–Crippen MR) is 181 cm³/mol. The first kappa shape index (κ1) is 34.9. The molecule has 0 bridgehead atoms. The number of rotatable bonds is 4. The van der Waals surface area contributed by atoms with Crippen LogP contribution in [0.4, 0.5) is 0 Å². The van der Waals surface area contributed by atoms with Gasteiger partial charge in [-0.15, -0.1) is 0 Å². The molecule has 3 saturated carbocycles. The van der Waals surface area contributed by atoms with Crippen molar-refractivity contribution in [2.45, 2.75) is 173 Å². The van der Waals surface area contributed by atoms with E-state index in [2.05, 4.69) is 0 Å². The lowest BCUT2D eigenvalue weighted by Crippen LogP contribution is -2.26. The number of hydrogen-bond donors (Lipinski definition) is 0. The van der Waals surface area contributed by atoms with Gasteiger partial charge in [0.05, 0.1) is 7.11 Å². The van der Waals surface area contributed by atoms with E-state index in [1.807, 2.05) is 36.4 Å². The van der Waals surface area contributed by atoms with Gasteiger partial charge in [-0.1, -0.05) is 177 Å². The molecule has 0 unspecified atom stereocenters. The standard InChI is InChI=1S/C34H60O2.C6H6/c1-36-34(35)33(31-27-21-15-9-4-10-16-22-28-31)32(29-23-17-11-5-2-6-12-18-24-29)30-25-19-13-7-3-8-14-20-26-30;1-2-4-6-5-3-1/h29-31H,2-28H2,1H3;1-6H. The number of carbonyl (C=O) groups is 1. The zero-order valence-electron chi connectivity index (χ0n) is 27.6. The minimum Gasteiger partial charge on any atom is -0.466 e. The maximum Gasteiger partial charge on any atom is 0.333 e. The minimum absolute atomic E-state index is 0.0428. The first-order valence-corrected chi connectivity index (χ1v) is 18.6. The Bertz CT molecular complexity index is 743. The van der Waals surface area contributed by atoms with Crippen LogP contribution in [0.5, 0.6) is 0 Å². The Kier molecular flexibility index (Phi) is 19.0. The van der Waals surface area contributed by atoms with E-state index in [1.54, 1.807) is 12.7 Å². The van der Waals surface area contributed by atoms with Crippen molar-refractivity contribution in [3.8, 4) is 0 Å². The van der Waals surface area contributed by atoms with Crippen LogP contribution < -0.4 is 0 Å². The van der Waals surface area contributed by atoms with Crippen LogP contribution in [-0.4, -0.2) is 13.1 Å². The average Bonchev–Trinajstić information content (AvgIpc) is 3.05. The minimum atomic E-state index is 0.0428. The summed E-state index contributed by atoms with van der Waals surface area (Å²) >= 11 is 0. The summed E-state index contributed by atoms with van der Waals surface area (Å²) in [4.78, 5) is 13.8. The molecule has 4 rings (SSSR count). The molecule has 1 aromatic rings. The highest BCUT2D eigenvalue weighted by atomic mass is 16.5. The highest BCUT2D eigenvalue weighted by Crippen LogP contribution is 2.42. The van der Waals surface area contributed by atoms with Gasteiger partial charge < -0.3 is 4.74 Å². The van der Waals surface area contributed by atoms with Crippen LogP contribution in [0.2, 0.25) is 0 Å². The van der Waals surface area contributed by atoms with Crippen LogP contribution in [-0.2, 0) is 9.53 Å². The van der Waals surface area contributed by atoms with Crippen molar-refractivity contribution in [3.63, 3.8) is 0 Å². The Morgan fingerprint density at radius 3 is 0.905 bits per heavy atom. The van der Waals surface area contributed by atoms with Crippen molar-refractivity contribution in [1.29, 1.82) is 0 Å². The van der Waals surface area contributed by atoms with E-state index in [-0.39, 0.29) is 5.97 Å². The van der Waals surface area contributed by atoms with Crippen molar-refractivity contribution in [1.82, 2.24) is 0 Å². The van der Waals surface area contributed by atoms with Gasteiger partial charge in [-0.05, 0) is 56.3 Å². The van der Waals surface area contributed by atoms with Gasteiger partial charge in [-0.3, -0.25) is 0 Å². The number of esters is 1. The molecule has 0 atom stereocenters. The molecule has 3 aliphatic carbocycles. The second-order valence-corrected chi connectivity index (χ2v) is 13.8. The lowest BCUT2D eigenvalue weighted by molar-refractivity contribution is -0.137. The molecule has 0 amide bonds. The monoisotopic (exact) mass is 579 g/mol. The number of ether oxygens (including phenoxy) is 1. The average molecular weight is 579 g/mol. The lowest BCUT2D eigenvalue weighted by Gasteiger charge is -2.34. The van der Waals surface area contributed by atoms with Crippen LogP contribution >= 0.6 is 0 Å². The molecule has 0 spiro atoms. The molecule has 0 radical (unpaired) electrons. The molecule has 238 valence electrons. The molecule has 2 nitrogen and oxygen atoms in total. The Morgan fingerprint density at radius 1 is 0.405 bits per heavy atom. The first-order valence-electron chi connectivity index (χ1n) is 18.6. The van der Waals surface area contributed by atoms with Crippen molar-refractivity contribution in [2.75, 3.05) is 7.11 Å². The third-order valence-electron chi connectivity index (χ3n) is 10.5. The Balaban J connectivity index is 0.000000715. The SMILES string of the molecule is COC(=O)C(=C(C1CCCCCCCCC1)C1CCCCCCCCC1)C1CCCCCCCCC1.c1ccccc1. The summed E-state index contributed by atoms with van der Waals surface area (Å²) in [5.74, 6) is 1.69. The van der Waals surface area contributed by atoms with Gasteiger partial charge in [-0.2, -0.15) is 0 Å². The summed E-state index contributed by atoms with van der Waals surface area (Å²) in [6.07, 6.45) is 36.4. The van der Waals surface area contributed by atoms with E-state index in [0.29, 0.717) is 17.8 Å². The molecular weight excluding hydrogens is 512 g/mol. The Hall–Kier alpha value is -1.57. The van der Waals surface area contributed by atoms with Gasteiger partial charge in [0.2, 0.25) is 0 Å². The molecule has 1 aromatic carbocycles. The first-order chi connectivity index (χ1) is 20.8. The van der Waals surface area contributed by atoms with Crippen molar-refractivity contribution in [3.05, 3.63) is 47.5 Å². The van der Waals surface area contributed by atoms with Gasteiger partial charge in [0.15, 0.2) is 0 Å². The van der Waals surface area contributed by atoms with Gasteiger partial charge >= 0.3 is 5.97 Å². The fourth-order valence-electron chi connectivity index (χ4n) is 8.13. The number of benzene rings is 1. The Labute approximate surface area is 260 Å². The van der Waals surface area contributed by atoms with E-state index in [0.717, 1.165) is 0 Å². The van der Waals surface area contributed by atoms with Crippen molar-refractivity contribution in [2.24, 2.45) is 17.8 Å². The summed E-state index contributed by atoms with van der Waals surface area (Å²) < 4.78 is 5.66. The number of methoxy groups -OCH3 is 1. The molecule has 0 N–H and O–H groups in total. The van der Waals surface area contributed by atoms with Gasteiger partial charge in [0.1, 0.15) is 0 Å². The molecule has 0 aromatic heterocycles. The summed E-state index contributed by atoms with van der Waals surface area (Å²) in [6, 6.07) is 12.0. The summed E-state index contributed by atoms with van der Waals surface area (Å²) in [7, 11) is 1.65. The maximum atomic E-state index is 13.8. The predicted octanol–water partition coefficient (Wildman–Crippen LogP) is 12.6. The summed E-state index contributed by atoms with van der Waals surface area (Å²) in [5, 5.41) is 0. The fourth-order valence-corrected chi connectivity index (χ4v) is 8.13. The third kappa shape index (κ3) is 13.8. The molecule has 3 aliphatic rings. The summed E-state index contributed by atoms with van der Waals surface area (Å²) in [5.41, 5.74) is 2.83. The number of carbonyl (C=O) groups excluding carboxylic acids is 1. The molecule has 0 heterocycles. The molecule has 2 heteroatoms. The van der Waals surface area contributed by atoms with Crippen LogP contribution in [0, 0.1) is 17.8 Å². The highest BCUT2D eigenvalue weighted by Gasteiger charge is 2.33. The van der Waals surface area contributed by atoms with Gasteiger partial charge in [-0.25, -0.2) is 4.79 Å². The zero-order valence-corrected chi connectivity index (χ0v) is 27.6. The van der Waals surface area contributed by atoms with Crippen molar-refractivity contribution < 1.29 is 9.53 Å². The van der Waals surface area contributed by atoms with Crippen LogP contribution in [0.25, 0.3) is 0 Å². The molecule has 0 aliphatic heterocycles. The topological polar surface area (TPSA) is 26.3 Å². The third-order valence-corrected chi connectivity index (χ3v) is 10.5. The normalized spacial score (nSPS) is 22.0. The van der Waals surface area contributed by atoms with E-state index in [4.69, 9.17) is 4.74 Å². The smallest absolute Gasteiger partial charge is 0.333 e. The largest absolute Gasteiger partial charge is 0.466 e. The zero-order chi connectivity index (χ0) is 29.5. The van der Waals surface area contributed by atoms with Crippen molar-refractivity contribution >= 4 is 5.97 Å². The van der Waals surface area contributed by atoms with E-state index in [9.17, 15) is 4.79 Å². The second kappa shape index (κ2) is 22.9. The molecule has 0 saturated heterocycles. The molecule has 42 heavy (non-hydrogen) atoms. The van der Waals surface area contributed by atoms with Gasteiger partial charge in [0, 0.05) is 5.57 Å². The molecular formula is C40H66O2. The van der Waals surface area contributed by atoms with Gasteiger partial charge in [0.25, 0.3) is 0 Å². The summed E-state index contributed by atoms with van der Waals surface area (Å²) in [6.45, 7) is 0. The van der Waals surface area contributed by atoms with Crippen LogP contribution in [0.3, 0.4) is 0 Å². The maximum absolute atomic E-state index is 13.8. The fraction of sp³-hybridized carbons (Fsp3) is 0.775. The lowest BCUT2D eigenvalue weighted by atomic mass is 9.71.